The Morgan fingerprint density at radius 3 is 1.68 bits per heavy atom. The minimum Gasteiger partial charge on any atom is -0.391 e. The third kappa shape index (κ3) is 26.1. The van der Waals surface area contributed by atoms with E-state index in [1.54, 1.807) is 13.8 Å². The van der Waals surface area contributed by atoms with Gasteiger partial charge < -0.3 is 29.2 Å². The number of hydrogen-bond donors (Lipinski definition) is 2. The van der Waals surface area contributed by atoms with Crippen LogP contribution >= 0.6 is 0 Å². The molecule has 6 heteroatoms. The zero-order chi connectivity index (χ0) is 19.5. The van der Waals surface area contributed by atoms with Gasteiger partial charge in [0.15, 0.2) is 0 Å². The van der Waals surface area contributed by atoms with Crippen LogP contribution in [0.1, 0.15) is 60.8 Å². The monoisotopic (exact) mass is 366 g/mol. The molecule has 4 atom stereocenters. The molecule has 0 aromatic rings. The van der Waals surface area contributed by atoms with Gasteiger partial charge in [-0.15, -0.1) is 0 Å². The molecule has 0 saturated carbocycles. The van der Waals surface area contributed by atoms with Crippen molar-refractivity contribution in [2.45, 2.75) is 85.2 Å². The van der Waals surface area contributed by atoms with E-state index in [0.29, 0.717) is 26.4 Å². The second-order valence-electron chi connectivity index (χ2n) is 6.49. The highest BCUT2D eigenvalue weighted by molar-refractivity contribution is 4.54. The number of unbranched alkanes of at least 4 members (excludes halogenated alkanes) is 1. The Hall–Kier alpha value is -0.240. The number of aliphatic hydroxyl groups excluding tert-OH is 2. The summed E-state index contributed by atoms with van der Waals surface area (Å²) in [6, 6.07) is 0. The van der Waals surface area contributed by atoms with E-state index in [1.165, 1.54) is 0 Å². The average Bonchev–Trinajstić information content (AvgIpc) is 2.55. The maximum Gasteiger partial charge on any atom is 0.0781 e. The fourth-order valence-corrected chi connectivity index (χ4v) is 1.59. The van der Waals surface area contributed by atoms with Crippen molar-refractivity contribution in [1.29, 1.82) is 0 Å². The first kappa shape index (κ1) is 27.0. The van der Waals surface area contributed by atoms with Gasteiger partial charge in [0.25, 0.3) is 0 Å². The van der Waals surface area contributed by atoms with Crippen molar-refractivity contribution in [2.24, 2.45) is 0 Å². The molecule has 0 spiro atoms. The van der Waals surface area contributed by atoms with Crippen molar-refractivity contribution in [1.82, 2.24) is 0 Å². The topological polar surface area (TPSA) is 77.4 Å². The van der Waals surface area contributed by atoms with Gasteiger partial charge in [0.1, 0.15) is 0 Å². The molecule has 6 nitrogen and oxygen atoms in total. The average molecular weight is 367 g/mol. The van der Waals surface area contributed by atoms with E-state index < -0.39 is 6.10 Å². The summed E-state index contributed by atoms with van der Waals surface area (Å²) >= 11 is 0. The minimum absolute atomic E-state index is 0.00299. The van der Waals surface area contributed by atoms with E-state index in [4.69, 9.17) is 29.2 Å². The molecule has 25 heavy (non-hydrogen) atoms. The maximum absolute atomic E-state index is 9.04. The highest BCUT2D eigenvalue weighted by Crippen LogP contribution is 1.99. The summed E-state index contributed by atoms with van der Waals surface area (Å²) in [4.78, 5) is 0. The summed E-state index contributed by atoms with van der Waals surface area (Å²) in [7, 11) is 0. The summed E-state index contributed by atoms with van der Waals surface area (Å²) in [5.41, 5.74) is 0. The summed E-state index contributed by atoms with van der Waals surface area (Å²) in [6.07, 6.45) is 2.62. The van der Waals surface area contributed by atoms with Crippen molar-refractivity contribution in [2.75, 3.05) is 39.6 Å². The predicted octanol–water partition coefficient (Wildman–Crippen LogP) is 2.79. The Balaban J connectivity index is 0. The highest BCUT2D eigenvalue weighted by Gasteiger charge is 2.08. The Morgan fingerprint density at radius 2 is 1.16 bits per heavy atom. The summed E-state index contributed by atoms with van der Waals surface area (Å²) < 4.78 is 21.4. The number of ether oxygens (including phenoxy) is 4. The predicted molar refractivity (Wildman–Crippen MR) is 101 cm³/mol. The second-order valence-corrected chi connectivity index (χ2v) is 6.49. The van der Waals surface area contributed by atoms with E-state index in [-0.39, 0.29) is 18.3 Å². The molecule has 0 bridgehead atoms. The molecule has 4 unspecified atom stereocenters. The van der Waals surface area contributed by atoms with Crippen molar-refractivity contribution >= 4 is 0 Å². The number of rotatable bonds is 15. The zero-order valence-corrected chi connectivity index (χ0v) is 17.2. The van der Waals surface area contributed by atoms with E-state index in [2.05, 4.69) is 13.8 Å². The third-order valence-corrected chi connectivity index (χ3v) is 2.94. The van der Waals surface area contributed by atoms with Gasteiger partial charge in [-0.25, -0.2) is 0 Å². The van der Waals surface area contributed by atoms with Gasteiger partial charge in [0.2, 0.25) is 0 Å². The highest BCUT2D eigenvalue weighted by atomic mass is 16.6. The lowest BCUT2D eigenvalue weighted by molar-refractivity contribution is -0.0699. The lowest BCUT2D eigenvalue weighted by Gasteiger charge is -2.18. The lowest BCUT2D eigenvalue weighted by atomic mass is 10.4. The van der Waals surface area contributed by atoms with Gasteiger partial charge in [-0.3, -0.25) is 0 Å². The first-order valence-corrected chi connectivity index (χ1v) is 9.58. The molecule has 0 amide bonds. The van der Waals surface area contributed by atoms with Crippen LogP contribution < -0.4 is 0 Å². The Kier molecular flexibility index (Phi) is 21.7. The number of aliphatic hydroxyl groups is 2. The molecular weight excluding hydrogens is 324 g/mol. The maximum atomic E-state index is 9.04. The summed E-state index contributed by atoms with van der Waals surface area (Å²) in [5.74, 6) is 0. The van der Waals surface area contributed by atoms with Crippen molar-refractivity contribution in [3.05, 3.63) is 0 Å². The van der Waals surface area contributed by atoms with Crippen molar-refractivity contribution < 1.29 is 29.2 Å². The van der Waals surface area contributed by atoms with Crippen molar-refractivity contribution in [3.8, 4) is 0 Å². The molecule has 2 N–H and O–H groups in total. The molecule has 154 valence electrons. The lowest BCUT2D eigenvalue weighted by Crippen LogP contribution is -2.25. The van der Waals surface area contributed by atoms with Crippen LogP contribution in [0.3, 0.4) is 0 Å². The summed E-state index contributed by atoms with van der Waals surface area (Å²) in [5, 5.41) is 17.8. The molecule has 0 rings (SSSR count). The molecule has 0 heterocycles. The van der Waals surface area contributed by atoms with E-state index in [9.17, 15) is 0 Å². The second kappa shape index (κ2) is 20.1. The third-order valence-electron chi connectivity index (χ3n) is 2.94. The smallest absolute Gasteiger partial charge is 0.0781 e. The quantitative estimate of drug-likeness (QED) is 0.434. The van der Waals surface area contributed by atoms with Gasteiger partial charge in [0, 0.05) is 13.2 Å². The Morgan fingerprint density at radius 1 is 0.640 bits per heavy atom. The van der Waals surface area contributed by atoms with Crippen LogP contribution in [0.15, 0.2) is 0 Å². The van der Waals surface area contributed by atoms with Crippen LogP contribution in [0.25, 0.3) is 0 Å². The Bertz CT molecular complexity index is 248. The summed E-state index contributed by atoms with van der Waals surface area (Å²) in [6.45, 7) is 15.1. The van der Waals surface area contributed by atoms with Gasteiger partial charge >= 0.3 is 0 Å². The van der Waals surface area contributed by atoms with E-state index >= 15 is 0 Å². The van der Waals surface area contributed by atoms with Crippen LogP contribution in [0.2, 0.25) is 0 Å². The van der Waals surface area contributed by atoms with Gasteiger partial charge in [-0.05, 0) is 40.5 Å². The molecular formula is C19H42O6. The first-order valence-electron chi connectivity index (χ1n) is 9.58. The van der Waals surface area contributed by atoms with Crippen LogP contribution in [0.5, 0.6) is 0 Å². The molecule has 0 aromatic heterocycles. The first-order chi connectivity index (χ1) is 11.8. The van der Waals surface area contributed by atoms with E-state index in [0.717, 1.165) is 32.5 Å². The van der Waals surface area contributed by atoms with Gasteiger partial charge in [0.05, 0.1) is 50.8 Å². The van der Waals surface area contributed by atoms with Gasteiger partial charge in [-0.2, -0.15) is 0 Å². The molecule has 0 radical (unpaired) electrons. The molecule has 0 aliphatic heterocycles. The van der Waals surface area contributed by atoms with Crippen LogP contribution in [0.4, 0.5) is 0 Å². The largest absolute Gasteiger partial charge is 0.391 e. The molecule has 0 aromatic carbocycles. The van der Waals surface area contributed by atoms with Gasteiger partial charge in [-0.1, -0.05) is 20.3 Å². The standard InChI is InChI=1S/C12H26O4.C7H16O2/c1-5-6-14-8-11(3)16-9-12(4)15-7-10(2)13;1-3-4-5-9-6-7(2)8/h10-13H,5-9H2,1-4H3;7-8H,3-6H2,1-2H3. The van der Waals surface area contributed by atoms with Crippen molar-refractivity contribution in [3.63, 3.8) is 0 Å². The Labute approximate surface area is 154 Å². The number of hydrogen-bond acceptors (Lipinski definition) is 6. The molecule has 0 aliphatic carbocycles. The molecule has 0 fully saturated rings. The fraction of sp³-hybridized carbons (Fsp3) is 1.00. The zero-order valence-electron chi connectivity index (χ0n) is 17.2. The minimum atomic E-state index is -0.423. The molecule has 0 saturated heterocycles. The fourth-order valence-electron chi connectivity index (χ4n) is 1.59. The van der Waals surface area contributed by atoms with Crippen LogP contribution in [-0.2, 0) is 18.9 Å². The van der Waals surface area contributed by atoms with Crippen LogP contribution in [-0.4, -0.2) is 74.3 Å². The van der Waals surface area contributed by atoms with Crippen LogP contribution in [0, 0.1) is 0 Å². The normalized spacial score (nSPS) is 15.8. The SMILES string of the molecule is CCCCOCC(C)O.CCCOCC(C)OCC(C)OCC(C)O. The van der Waals surface area contributed by atoms with E-state index in [1.807, 2.05) is 13.8 Å². The molecule has 0 aliphatic rings.